The lowest BCUT2D eigenvalue weighted by Crippen LogP contribution is -2.12. The second-order valence-corrected chi connectivity index (χ2v) is 6.46. The van der Waals surface area contributed by atoms with Crippen LogP contribution in [0, 0.1) is 11.2 Å². The highest BCUT2D eigenvalue weighted by molar-refractivity contribution is 7.99. The number of amidine groups is 1. The molecule has 1 aromatic rings. The van der Waals surface area contributed by atoms with Gasteiger partial charge in [0, 0.05) is 16.1 Å². The Morgan fingerprint density at radius 3 is 2.50 bits per heavy atom. The van der Waals surface area contributed by atoms with Crippen molar-refractivity contribution in [3.8, 4) is 0 Å². The Hall–Kier alpha value is -1.03. The van der Waals surface area contributed by atoms with Gasteiger partial charge in [-0.2, -0.15) is 11.8 Å². The van der Waals surface area contributed by atoms with Crippen molar-refractivity contribution >= 4 is 17.6 Å². The number of nitrogen functional groups attached to an aromatic ring is 1. The number of benzene rings is 1. The summed E-state index contributed by atoms with van der Waals surface area (Å²) >= 11 is 1.74. The topological polar surface area (TPSA) is 49.9 Å². The van der Waals surface area contributed by atoms with E-state index in [1.165, 1.54) is 12.1 Å². The zero-order chi connectivity index (χ0) is 12.3. The van der Waals surface area contributed by atoms with Crippen LogP contribution < -0.4 is 5.73 Å². The van der Waals surface area contributed by atoms with Gasteiger partial charge in [0.05, 0.1) is 0 Å². The van der Waals surface area contributed by atoms with Crippen LogP contribution in [0.5, 0.6) is 0 Å². The van der Waals surface area contributed by atoms with Crippen LogP contribution in [0.4, 0.5) is 4.39 Å². The van der Waals surface area contributed by atoms with Gasteiger partial charge in [0.25, 0.3) is 0 Å². The number of thioether (sulfide) groups is 1. The Balaban J connectivity index is 2.85. The fourth-order valence-corrected chi connectivity index (χ4v) is 1.96. The van der Waals surface area contributed by atoms with Crippen molar-refractivity contribution in [3.63, 3.8) is 0 Å². The van der Waals surface area contributed by atoms with Crippen LogP contribution in [0.2, 0.25) is 0 Å². The SMILES string of the molecule is CC(C)(C)SCc1cc(F)cc(C(=N)N)c1. The molecule has 4 heteroatoms. The van der Waals surface area contributed by atoms with E-state index in [2.05, 4.69) is 20.8 Å². The van der Waals surface area contributed by atoms with Crippen molar-refractivity contribution in [2.45, 2.75) is 31.3 Å². The molecule has 0 atom stereocenters. The van der Waals surface area contributed by atoms with Gasteiger partial charge in [-0.15, -0.1) is 0 Å². The molecule has 0 saturated carbocycles. The summed E-state index contributed by atoms with van der Waals surface area (Å²) in [5.74, 6) is 0.292. The third-order valence-corrected chi connectivity index (χ3v) is 3.28. The van der Waals surface area contributed by atoms with E-state index in [1.54, 1.807) is 17.8 Å². The molecule has 0 radical (unpaired) electrons. The second kappa shape index (κ2) is 4.87. The molecule has 3 N–H and O–H groups in total. The van der Waals surface area contributed by atoms with Gasteiger partial charge < -0.3 is 5.73 Å². The minimum Gasteiger partial charge on any atom is -0.384 e. The maximum Gasteiger partial charge on any atom is 0.124 e. The third kappa shape index (κ3) is 4.23. The van der Waals surface area contributed by atoms with Crippen LogP contribution in [-0.2, 0) is 5.75 Å². The predicted molar refractivity (Wildman–Crippen MR) is 68.5 cm³/mol. The van der Waals surface area contributed by atoms with Crippen molar-refractivity contribution in [1.82, 2.24) is 0 Å². The maximum absolute atomic E-state index is 13.2. The maximum atomic E-state index is 13.2. The van der Waals surface area contributed by atoms with Crippen LogP contribution in [0.1, 0.15) is 31.9 Å². The van der Waals surface area contributed by atoms with Gasteiger partial charge in [-0.25, -0.2) is 4.39 Å². The molecule has 0 aliphatic carbocycles. The summed E-state index contributed by atoms with van der Waals surface area (Å²) in [5.41, 5.74) is 6.66. The van der Waals surface area contributed by atoms with Gasteiger partial charge >= 0.3 is 0 Å². The molecule has 2 nitrogen and oxygen atoms in total. The largest absolute Gasteiger partial charge is 0.384 e. The Morgan fingerprint density at radius 2 is 2.00 bits per heavy atom. The summed E-state index contributed by atoms with van der Waals surface area (Å²) in [7, 11) is 0. The lowest BCUT2D eigenvalue weighted by molar-refractivity contribution is 0.626. The number of halogens is 1. The average molecular weight is 240 g/mol. The van der Waals surface area contributed by atoms with Gasteiger partial charge in [-0.05, 0) is 23.8 Å². The first kappa shape index (κ1) is 13.0. The van der Waals surface area contributed by atoms with E-state index in [1.807, 2.05) is 0 Å². The van der Waals surface area contributed by atoms with E-state index < -0.39 is 0 Å². The summed E-state index contributed by atoms with van der Waals surface area (Å²) in [4.78, 5) is 0. The molecular formula is C12H17FN2S. The van der Waals surface area contributed by atoms with Gasteiger partial charge in [-0.3, -0.25) is 5.41 Å². The molecule has 0 aliphatic rings. The number of hydrogen-bond donors (Lipinski definition) is 2. The standard InChI is InChI=1S/C12H17FN2S/c1-12(2,3)16-7-8-4-9(11(14)15)6-10(13)5-8/h4-6H,7H2,1-3H3,(H3,14,15). The molecule has 0 saturated heterocycles. The molecule has 0 heterocycles. The fraction of sp³-hybridized carbons (Fsp3) is 0.417. The molecular weight excluding hydrogens is 223 g/mol. The van der Waals surface area contributed by atoms with E-state index in [-0.39, 0.29) is 16.4 Å². The zero-order valence-corrected chi connectivity index (χ0v) is 10.6. The lowest BCUT2D eigenvalue weighted by Gasteiger charge is -2.17. The van der Waals surface area contributed by atoms with Crippen LogP contribution in [-0.4, -0.2) is 10.6 Å². The molecule has 0 bridgehead atoms. The summed E-state index contributed by atoms with van der Waals surface area (Å²) in [6.45, 7) is 6.34. The fourth-order valence-electron chi connectivity index (χ4n) is 1.19. The van der Waals surface area contributed by atoms with Gasteiger partial charge in [0.2, 0.25) is 0 Å². The highest BCUT2D eigenvalue weighted by atomic mass is 32.2. The van der Waals surface area contributed by atoms with Crippen LogP contribution in [0.25, 0.3) is 0 Å². The van der Waals surface area contributed by atoms with Crippen LogP contribution in [0.3, 0.4) is 0 Å². The minimum absolute atomic E-state index is 0.0958. The summed E-state index contributed by atoms with van der Waals surface area (Å²) in [6.07, 6.45) is 0. The Kier molecular flexibility index (Phi) is 3.97. The van der Waals surface area contributed by atoms with Crippen molar-refractivity contribution in [2.24, 2.45) is 5.73 Å². The first-order chi connectivity index (χ1) is 7.28. The van der Waals surface area contributed by atoms with E-state index in [0.717, 1.165) is 11.3 Å². The molecule has 0 spiro atoms. The number of nitrogens with one attached hydrogen (secondary N) is 1. The third-order valence-electron chi connectivity index (χ3n) is 1.94. The molecule has 88 valence electrons. The zero-order valence-electron chi connectivity index (χ0n) is 9.80. The monoisotopic (exact) mass is 240 g/mol. The molecule has 16 heavy (non-hydrogen) atoms. The highest BCUT2D eigenvalue weighted by Crippen LogP contribution is 2.27. The van der Waals surface area contributed by atoms with Crippen LogP contribution >= 0.6 is 11.8 Å². The first-order valence-corrected chi connectivity index (χ1v) is 6.04. The predicted octanol–water partition coefficient (Wildman–Crippen LogP) is 3.14. The number of hydrogen-bond acceptors (Lipinski definition) is 2. The number of nitrogens with two attached hydrogens (primary N) is 1. The van der Waals surface area contributed by atoms with Crippen molar-refractivity contribution < 1.29 is 4.39 Å². The van der Waals surface area contributed by atoms with E-state index >= 15 is 0 Å². The average Bonchev–Trinajstić information content (AvgIpc) is 2.13. The normalized spacial score (nSPS) is 11.5. The number of rotatable bonds is 3. The summed E-state index contributed by atoms with van der Waals surface area (Å²) < 4.78 is 13.4. The molecule has 1 aromatic carbocycles. The molecule has 0 aliphatic heterocycles. The van der Waals surface area contributed by atoms with E-state index in [4.69, 9.17) is 11.1 Å². The second-order valence-electron chi connectivity index (χ2n) is 4.66. The quantitative estimate of drug-likeness (QED) is 0.630. The Morgan fingerprint density at radius 1 is 1.38 bits per heavy atom. The van der Waals surface area contributed by atoms with E-state index in [0.29, 0.717) is 5.56 Å². The van der Waals surface area contributed by atoms with Gasteiger partial charge in [0.1, 0.15) is 11.7 Å². The molecule has 0 fully saturated rings. The summed E-state index contributed by atoms with van der Waals surface area (Å²) in [5, 5.41) is 7.29. The Labute approximate surface area is 99.9 Å². The van der Waals surface area contributed by atoms with Crippen molar-refractivity contribution in [2.75, 3.05) is 0 Å². The molecule has 0 amide bonds. The minimum atomic E-state index is -0.336. The molecule has 0 unspecified atom stereocenters. The van der Waals surface area contributed by atoms with Gasteiger partial charge in [-0.1, -0.05) is 20.8 Å². The summed E-state index contributed by atoms with van der Waals surface area (Å²) in [6, 6.07) is 4.54. The van der Waals surface area contributed by atoms with Gasteiger partial charge in [0.15, 0.2) is 0 Å². The molecule has 0 aromatic heterocycles. The first-order valence-electron chi connectivity index (χ1n) is 5.06. The van der Waals surface area contributed by atoms with E-state index in [9.17, 15) is 4.39 Å². The smallest absolute Gasteiger partial charge is 0.124 e. The Bertz CT molecular complexity index is 396. The highest BCUT2D eigenvalue weighted by Gasteiger charge is 2.11. The van der Waals surface area contributed by atoms with Crippen LogP contribution in [0.15, 0.2) is 18.2 Å². The molecule has 1 rings (SSSR count). The van der Waals surface area contributed by atoms with Crippen molar-refractivity contribution in [3.05, 3.63) is 35.1 Å². The lowest BCUT2D eigenvalue weighted by atomic mass is 10.1. The van der Waals surface area contributed by atoms with Crippen molar-refractivity contribution in [1.29, 1.82) is 5.41 Å².